The van der Waals surface area contributed by atoms with Crippen molar-refractivity contribution < 1.29 is 14.2 Å². The number of rotatable bonds is 3. The molecule has 2 rings (SSSR count). The van der Waals surface area contributed by atoms with Crippen molar-refractivity contribution >= 4 is 5.69 Å². The van der Waals surface area contributed by atoms with Gasteiger partial charge in [0.2, 0.25) is 5.88 Å². The quantitative estimate of drug-likeness (QED) is 0.895. The Morgan fingerprint density at radius 1 is 1.44 bits per heavy atom. The molecule has 102 valence electrons. The number of ether oxygens (including phenoxy) is 3. The third kappa shape index (κ3) is 4.50. The molecule has 1 unspecified atom stereocenters. The number of anilines is 1. The van der Waals surface area contributed by atoms with Crippen LogP contribution in [0.3, 0.4) is 0 Å². The summed E-state index contributed by atoms with van der Waals surface area (Å²) in [4.78, 5) is 4.03. The first-order valence-electron chi connectivity index (χ1n) is 6.21. The van der Waals surface area contributed by atoms with Gasteiger partial charge < -0.3 is 19.9 Å². The highest BCUT2D eigenvalue weighted by Crippen LogP contribution is 2.22. The summed E-state index contributed by atoms with van der Waals surface area (Å²) in [6.07, 6.45) is 1.51. The monoisotopic (exact) mass is 254 g/mol. The van der Waals surface area contributed by atoms with Crippen molar-refractivity contribution in [3.05, 3.63) is 18.3 Å². The van der Waals surface area contributed by atoms with Gasteiger partial charge in [-0.3, -0.25) is 0 Å². The van der Waals surface area contributed by atoms with E-state index in [1.54, 1.807) is 18.3 Å². The first-order valence-corrected chi connectivity index (χ1v) is 6.21. The van der Waals surface area contributed by atoms with E-state index in [0.29, 0.717) is 24.8 Å². The van der Waals surface area contributed by atoms with Crippen molar-refractivity contribution in [2.75, 3.05) is 18.9 Å². The first kappa shape index (κ1) is 14.7. The lowest BCUT2D eigenvalue weighted by Crippen LogP contribution is -2.25. The van der Waals surface area contributed by atoms with Crippen LogP contribution in [0.2, 0.25) is 0 Å². The summed E-state index contributed by atoms with van der Waals surface area (Å²) < 4.78 is 16.5. The molecular weight excluding hydrogens is 232 g/mol. The summed E-state index contributed by atoms with van der Waals surface area (Å²) >= 11 is 0. The van der Waals surface area contributed by atoms with Gasteiger partial charge >= 0.3 is 0 Å². The Balaban J connectivity index is 0.000000771. The smallest absolute Gasteiger partial charge is 0.213 e. The van der Waals surface area contributed by atoms with E-state index in [4.69, 9.17) is 19.9 Å². The summed E-state index contributed by atoms with van der Waals surface area (Å²) in [6.45, 7) is 8.74. The lowest BCUT2D eigenvalue weighted by Gasteiger charge is -2.17. The average molecular weight is 254 g/mol. The molecule has 18 heavy (non-hydrogen) atoms. The van der Waals surface area contributed by atoms with Crippen LogP contribution in [0.1, 0.15) is 27.7 Å². The van der Waals surface area contributed by atoms with Gasteiger partial charge in [0.25, 0.3) is 0 Å². The number of hydrogen-bond donors (Lipinski definition) is 1. The number of hydrogen-bond acceptors (Lipinski definition) is 5. The van der Waals surface area contributed by atoms with Crippen LogP contribution in [0, 0.1) is 0 Å². The molecule has 1 aromatic rings. The van der Waals surface area contributed by atoms with Gasteiger partial charge in [0.05, 0.1) is 18.5 Å². The van der Waals surface area contributed by atoms with Crippen LogP contribution < -0.4 is 10.5 Å². The fourth-order valence-electron chi connectivity index (χ4n) is 1.50. The zero-order valence-corrected chi connectivity index (χ0v) is 11.5. The summed E-state index contributed by atoms with van der Waals surface area (Å²) in [5.74, 6) is 0.0326. The molecule has 0 aliphatic carbocycles. The molecule has 0 aromatic carbocycles. The summed E-state index contributed by atoms with van der Waals surface area (Å²) in [5.41, 5.74) is 6.14. The summed E-state index contributed by atoms with van der Waals surface area (Å²) in [7, 11) is 0. The van der Waals surface area contributed by atoms with Gasteiger partial charge in [0, 0.05) is 6.07 Å². The number of nitrogen functional groups attached to an aromatic ring is 1. The maximum atomic E-state index is 5.59. The Kier molecular flexibility index (Phi) is 5.37. The number of nitrogens with two attached hydrogens (primary N) is 1. The minimum absolute atomic E-state index is 0.0469. The molecule has 1 aliphatic heterocycles. The Morgan fingerprint density at radius 3 is 2.67 bits per heavy atom. The van der Waals surface area contributed by atoms with Gasteiger partial charge in [-0.1, -0.05) is 13.8 Å². The SMILES string of the molecule is CC.CC1(C)OCC(COc2ccc(N)cn2)O1. The van der Waals surface area contributed by atoms with Crippen molar-refractivity contribution in [2.45, 2.75) is 39.6 Å². The average Bonchev–Trinajstić information content (AvgIpc) is 2.71. The second-order valence-corrected chi connectivity index (χ2v) is 4.19. The maximum absolute atomic E-state index is 5.59. The van der Waals surface area contributed by atoms with Gasteiger partial charge in [0.15, 0.2) is 5.79 Å². The molecule has 1 saturated heterocycles. The molecule has 5 heteroatoms. The Morgan fingerprint density at radius 2 is 2.17 bits per heavy atom. The minimum atomic E-state index is -0.511. The van der Waals surface area contributed by atoms with Crippen LogP contribution in [-0.4, -0.2) is 30.1 Å². The number of pyridine rings is 1. The van der Waals surface area contributed by atoms with Gasteiger partial charge in [-0.25, -0.2) is 4.98 Å². The predicted octanol–water partition coefficient (Wildman–Crippen LogP) is 2.22. The maximum Gasteiger partial charge on any atom is 0.213 e. The van der Waals surface area contributed by atoms with E-state index in [-0.39, 0.29) is 6.10 Å². The Labute approximate surface area is 108 Å². The van der Waals surface area contributed by atoms with Crippen LogP contribution in [0.4, 0.5) is 5.69 Å². The zero-order valence-electron chi connectivity index (χ0n) is 11.5. The normalized spacial score (nSPS) is 21.0. The molecule has 1 aliphatic rings. The molecule has 0 saturated carbocycles. The molecule has 2 heterocycles. The van der Waals surface area contributed by atoms with Gasteiger partial charge in [0.1, 0.15) is 12.7 Å². The lowest BCUT2D eigenvalue weighted by molar-refractivity contribution is -0.141. The predicted molar refractivity (Wildman–Crippen MR) is 70.4 cm³/mol. The third-order valence-electron chi connectivity index (χ3n) is 2.24. The fraction of sp³-hybridized carbons (Fsp3) is 0.615. The van der Waals surface area contributed by atoms with Crippen molar-refractivity contribution in [3.8, 4) is 5.88 Å². The number of aromatic nitrogens is 1. The second-order valence-electron chi connectivity index (χ2n) is 4.19. The Hall–Kier alpha value is -1.33. The van der Waals surface area contributed by atoms with Crippen LogP contribution in [-0.2, 0) is 9.47 Å². The molecule has 0 spiro atoms. The highest BCUT2D eigenvalue weighted by molar-refractivity contribution is 5.35. The standard InChI is InChI=1S/C11H16N2O3.C2H6/c1-11(2)15-7-9(16-11)6-14-10-4-3-8(12)5-13-10;1-2/h3-5,9H,6-7,12H2,1-2H3;1-2H3. The zero-order chi connectivity index (χ0) is 13.6. The largest absolute Gasteiger partial charge is 0.475 e. The van der Waals surface area contributed by atoms with Gasteiger partial charge in [-0.2, -0.15) is 0 Å². The van der Waals surface area contributed by atoms with Crippen molar-refractivity contribution in [1.82, 2.24) is 4.98 Å². The molecule has 5 nitrogen and oxygen atoms in total. The molecule has 0 radical (unpaired) electrons. The minimum Gasteiger partial charge on any atom is -0.475 e. The van der Waals surface area contributed by atoms with E-state index in [2.05, 4.69) is 4.98 Å². The van der Waals surface area contributed by atoms with Crippen molar-refractivity contribution in [1.29, 1.82) is 0 Å². The van der Waals surface area contributed by atoms with Crippen LogP contribution in [0.15, 0.2) is 18.3 Å². The van der Waals surface area contributed by atoms with E-state index in [1.165, 1.54) is 0 Å². The van der Waals surface area contributed by atoms with E-state index >= 15 is 0 Å². The molecule has 1 fully saturated rings. The van der Waals surface area contributed by atoms with Crippen molar-refractivity contribution in [3.63, 3.8) is 0 Å². The number of nitrogens with zero attached hydrogens (tertiary/aromatic N) is 1. The summed E-state index contributed by atoms with van der Waals surface area (Å²) in [6, 6.07) is 3.48. The Bertz CT molecular complexity index is 352. The van der Waals surface area contributed by atoms with E-state index in [1.807, 2.05) is 27.7 Å². The molecule has 1 atom stereocenters. The van der Waals surface area contributed by atoms with E-state index in [9.17, 15) is 0 Å². The van der Waals surface area contributed by atoms with Crippen LogP contribution in [0.5, 0.6) is 5.88 Å². The van der Waals surface area contributed by atoms with Gasteiger partial charge in [-0.15, -0.1) is 0 Å². The first-order chi connectivity index (χ1) is 8.55. The third-order valence-corrected chi connectivity index (χ3v) is 2.24. The lowest BCUT2D eigenvalue weighted by atomic mass is 10.4. The summed E-state index contributed by atoms with van der Waals surface area (Å²) in [5, 5.41) is 0. The second kappa shape index (κ2) is 6.56. The molecule has 2 N–H and O–H groups in total. The van der Waals surface area contributed by atoms with Crippen LogP contribution in [0.25, 0.3) is 0 Å². The highest BCUT2D eigenvalue weighted by atomic mass is 16.7. The van der Waals surface area contributed by atoms with E-state index in [0.717, 1.165) is 0 Å². The van der Waals surface area contributed by atoms with Gasteiger partial charge in [-0.05, 0) is 19.9 Å². The highest BCUT2D eigenvalue weighted by Gasteiger charge is 2.32. The van der Waals surface area contributed by atoms with Crippen LogP contribution >= 0.6 is 0 Å². The molecule has 0 bridgehead atoms. The van der Waals surface area contributed by atoms with Crippen molar-refractivity contribution in [2.24, 2.45) is 0 Å². The topological polar surface area (TPSA) is 66.6 Å². The van der Waals surface area contributed by atoms with E-state index < -0.39 is 5.79 Å². The fourth-order valence-corrected chi connectivity index (χ4v) is 1.50. The molecular formula is C13H22N2O3. The molecule has 0 amide bonds. The molecule has 1 aromatic heterocycles.